The lowest BCUT2D eigenvalue weighted by atomic mass is 10.2. The average molecular weight is 187 g/mol. The summed E-state index contributed by atoms with van der Waals surface area (Å²) in [6.45, 7) is 0.731. The Morgan fingerprint density at radius 2 is 2.25 bits per heavy atom. The Balaban J connectivity index is 2.56. The smallest absolute Gasteiger partial charge is 0.142 e. The molecule has 12 heavy (non-hydrogen) atoms. The van der Waals surface area contributed by atoms with Crippen LogP contribution in [0, 0.1) is 5.82 Å². The van der Waals surface area contributed by atoms with Crippen LogP contribution in [-0.2, 0) is 6.42 Å². The van der Waals surface area contributed by atoms with Gasteiger partial charge in [0, 0.05) is 6.54 Å². The molecule has 1 heterocycles. The Bertz CT molecular complexity index is 327. The van der Waals surface area contributed by atoms with Crippen LogP contribution in [0.4, 0.5) is 10.1 Å². The Labute approximate surface area is 74.7 Å². The van der Waals surface area contributed by atoms with E-state index in [-0.39, 0.29) is 10.8 Å². The lowest BCUT2D eigenvalue weighted by Crippen LogP contribution is -2.28. The third kappa shape index (κ3) is 1.06. The molecule has 0 aliphatic carbocycles. The van der Waals surface area contributed by atoms with Crippen molar-refractivity contribution in [2.45, 2.75) is 6.42 Å². The van der Waals surface area contributed by atoms with E-state index in [1.165, 1.54) is 6.07 Å². The van der Waals surface area contributed by atoms with E-state index in [4.69, 9.17) is 17.4 Å². The Morgan fingerprint density at radius 3 is 3.00 bits per heavy atom. The molecule has 0 amide bonds. The van der Waals surface area contributed by atoms with Crippen LogP contribution in [0.25, 0.3) is 0 Å². The zero-order valence-electron chi connectivity index (χ0n) is 6.35. The number of nitrogens with zero attached hydrogens (tertiary/aromatic N) is 1. The number of hydrogen-bond acceptors (Lipinski definition) is 2. The summed E-state index contributed by atoms with van der Waals surface area (Å²) in [4.78, 5) is 0. The molecule has 1 aromatic carbocycles. The molecule has 2 rings (SSSR count). The van der Waals surface area contributed by atoms with Gasteiger partial charge in [-0.15, -0.1) is 0 Å². The van der Waals surface area contributed by atoms with E-state index < -0.39 is 0 Å². The molecule has 1 aromatic rings. The summed E-state index contributed by atoms with van der Waals surface area (Å²) >= 11 is 5.60. The van der Waals surface area contributed by atoms with Gasteiger partial charge in [0.2, 0.25) is 0 Å². The molecule has 0 saturated carbocycles. The van der Waals surface area contributed by atoms with Gasteiger partial charge >= 0.3 is 0 Å². The van der Waals surface area contributed by atoms with Crippen LogP contribution in [0.3, 0.4) is 0 Å². The molecule has 1 aliphatic heterocycles. The van der Waals surface area contributed by atoms with Crippen molar-refractivity contribution in [1.82, 2.24) is 0 Å². The number of fused-ring (bicyclic) bond motifs is 1. The SMILES string of the molecule is NN1CCc2cc(F)c(Cl)cc21. The molecule has 0 atom stereocenters. The van der Waals surface area contributed by atoms with Crippen LogP contribution in [0.1, 0.15) is 5.56 Å². The molecule has 0 unspecified atom stereocenters. The summed E-state index contributed by atoms with van der Waals surface area (Å²) < 4.78 is 12.9. The molecule has 0 bridgehead atoms. The first-order valence-electron chi connectivity index (χ1n) is 3.68. The van der Waals surface area contributed by atoms with Crippen LogP contribution >= 0.6 is 11.6 Å². The lowest BCUT2D eigenvalue weighted by Gasteiger charge is -2.11. The van der Waals surface area contributed by atoms with Crippen LogP contribution in [0.15, 0.2) is 12.1 Å². The van der Waals surface area contributed by atoms with E-state index in [9.17, 15) is 4.39 Å². The number of nitrogens with two attached hydrogens (primary N) is 1. The van der Waals surface area contributed by atoms with Gasteiger partial charge in [-0.1, -0.05) is 11.6 Å². The van der Waals surface area contributed by atoms with E-state index in [0.29, 0.717) is 0 Å². The van der Waals surface area contributed by atoms with Gasteiger partial charge in [-0.2, -0.15) is 0 Å². The molecule has 64 valence electrons. The van der Waals surface area contributed by atoms with Crippen molar-refractivity contribution in [3.63, 3.8) is 0 Å². The van der Waals surface area contributed by atoms with E-state index in [1.807, 2.05) is 0 Å². The quantitative estimate of drug-likeness (QED) is 0.626. The van der Waals surface area contributed by atoms with Crippen LogP contribution in [-0.4, -0.2) is 6.54 Å². The highest BCUT2D eigenvalue weighted by molar-refractivity contribution is 6.31. The zero-order chi connectivity index (χ0) is 8.72. The van der Waals surface area contributed by atoms with Crippen molar-refractivity contribution < 1.29 is 4.39 Å². The summed E-state index contributed by atoms with van der Waals surface area (Å²) in [6, 6.07) is 3.02. The van der Waals surface area contributed by atoms with Crippen molar-refractivity contribution in [2.75, 3.05) is 11.6 Å². The minimum absolute atomic E-state index is 0.131. The molecular formula is C8H8ClFN2. The van der Waals surface area contributed by atoms with Gasteiger partial charge < -0.3 is 5.01 Å². The van der Waals surface area contributed by atoms with E-state index in [1.54, 1.807) is 11.1 Å². The maximum absolute atomic E-state index is 12.9. The van der Waals surface area contributed by atoms with Gasteiger partial charge in [0.05, 0.1) is 10.7 Å². The van der Waals surface area contributed by atoms with Crippen LogP contribution in [0.2, 0.25) is 5.02 Å². The van der Waals surface area contributed by atoms with Crippen molar-refractivity contribution in [3.05, 3.63) is 28.5 Å². The Morgan fingerprint density at radius 1 is 1.50 bits per heavy atom. The molecular weight excluding hydrogens is 179 g/mol. The highest BCUT2D eigenvalue weighted by Crippen LogP contribution is 2.30. The van der Waals surface area contributed by atoms with E-state index >= 15 is 0 Å². The third-order valence-corrected chi connectivity index (χ3v) is 2.34. The van der Waals surface area contributed by atoms with Crippen LogP contribution in [0.5, 0.6) is 0 Å². The minimum Gasteiger partial charge on any atom is -0.310 e. The Hall–Kier alpha value is -0.800. The van der Waals surface area contributed by atoms with Gasteiger partial charge in [0.25, 0.3) is 0 Å². The number of anilines is 1. The molecule has 2 N–H and O–H groups in total. The van der Waals surface area contributed by atoms with E-state index in [0.717, 1.165) is 24.2 Å². The monoisotopic (exact) mass is 186 g/mol. The number of hydrogen-bond donors (Lipinski definition) is 1. The summed E-state index contributed by atoms with van der Waals surface area (Å²) in [5.41, 5.74) is 1.76. The first-order chi connectivity index (χ1) is 5.68. The maximum atomic E-state index is 12.9. The highest BCUT2D eigenvalue weighted by Gasteiger charge is 2.18. The minimum atomic E-state index is -0.370. The second kappa shape index (κ2) is 2.61. The number of rotatable bonds is 0. The highest BCUT2D eigenvalue weighted by atomic mass is 35.5. The molecule has 0 saturated heterocycles. The van der Waals surface area contributed by atoms with Crippen molar-refractivity contribution in [3.8, 4) is 0 Å². The average Bonchev–Trinajstić information content (AvgIpc) is 2.35. The van der Waals surface area contributed by atoms with Gasteiger partial charge in [-0.05, 0) is 24.1 Å². The summed E-state index contributed by atoms with van der Waals surface area (Å²) in [5, 5.41) is 1.71. The van der Waals surface area contributed by atoms with Crippen molar-refractivity contribution in [1.29, 1.82) is 0 Å². The Kier molecular flexibility index (Phi) is 1.70. The molecule has 1 aliphatic rings. The second-order valence-electron chi connectivity index (χ2n) is 2.84. The first-order valence-corrected chi connectivity index (χ1v) is 4.06. The van der Waals surface area contributed by atoms with Gasteiger partial charge in [-0.3, -0.25) is 0 Å². The topological polar surface area (TPSA) is 29.3 Å². The fraction of sp³-hybridized carbons (Fsp3) is 0.250. The van der Waals surface area contributed by atoms with Gasteiger partial charge in [0.1, 0.15) is 5.82 Å². The number of hydrazine groups is 1. The standard InChI is InChI=1S/C8H8ClFN2/c9-6-4-8-5(3-7(6)10)1-2-12(8)11/h3-4H,1-2,11H2. The molecule has 0 aromatic heterocycles. The maximum Gasteiger partial charge on any atom is 0.142 e. The molecule has 0 fully saturated rings. The first kappa shape index (κ1) is 7.83. The summed E-state index contributed by atoms with van der Waals surface area (Å²) in [7, 11) is 0. The molecule has 2 nitrogen and oxygen atoms in total. The van der Waals surface area contributed by atoms with Crippen molar-refractivity contribution in [2.24, 2.45) is 5.84 Å². The lowest BCUT2D eigenvalue weighted by molar-refractivity contribution is 0.627. The van der Waals surface area contributed by atoms with Crippen LogP contribution < -0.4 is 10.9 Å². The fourth-order valence-electron chi connectivity index (χ4n) is 1.41. The number of halogens is 2. The number of benzene rings is 1. The largest absolute Gasteiger partial charge is 0.310 e. The third-order valence-electron chi connectivity index (χ3n) is 2.05. The molecule has 0 radical (unpaired) electrons. The zero-order valence-corrected chi connectivity index (χ0v) is 7.11. The van der Waals surface area contributed by atoms with Gasteiger partial charge in [0.15, 0.2) is 0 Å². The normalized spacial score (nSPS) is 15.1. The fourth-order valence-corrected chi connectivity index (χ4v) is 1.56. The van der Waals surface area contributed by atoms with Crippen molar-refractivity contribution >= 4 is 17.3 Å². The second-order valence-corrected chi connectivity index (χ2v) is 3.25. The molecule has 4 heteroatoms. The predicted octanol–water partition coefficient (Wildman–Crippen LogP) is 1.72. The summed E-state index contributed by atoms with van der Waals surface area (Å²) in [6.07, 6.45) is 0.792. The summed E-state index contributed by atoms with van der Waals surface area (Å²) in [5.74, 6) is 5.25. The molecule has 0 spiro atoms. The van der Waals surface area contributed by atoms with Gasteiger partial charge in [-0.25, -0.2) is 10.2 Å². The predicted molar refractivity (Wildman–Crippen MR) is 46.6 cm³/mol. The van der Waals surface area contributed by atoms with E-state index in [2.05, 4.69) is 0 Å².